The molecule has 0 radical (unpaired) electrons. The standard InChI is InChI=1S/C14H12Cl2N2O2S/c15-12-5-11(17)6-13(16)14(12)21(19,20)18-7-9-3-1-2-4-10(9)8-18/h1-6H,7-8,17H2. The average molecular weight is 343 g/mol. The second kappa shape index (κ2) is 5.18. The number of hydrogen-bond donors (Lipinski definition) is 1. The molecule has 0 saturated carbocycles. The molecule has 0 spiro atoms. The Hall–Kier alpha value is -1.27. The molecular weight excluding hydrogens is 331 g/mol. The molecule has 4 nitrogen and oxygen atoms in total. The van der Waals surface area contributed by atoms with Crippen molar-refractivity contribution in [3.05, 3.63) is 57.6 Å². The van der Waals surface area contributed by atoms with Crippen molar-refractivity contribution in [3.63, 3.8) is 0 Å². The van der Waals surface area contributed by atoms with E-state index in [2.05, 4.69) is 0 Å². The van der Waals surface area contributed by atoms with E-state index >= 15 is 0 Å². The zero-order valence-corrected chi connectivity index (χ0v) is 13.2. The lowest BCUT2D eigenvalue weighted by molar-refractivity contribution is 0.431. The fourth-order valence-corrected chi connectivity index (χ4v) is 5.00. The molecule has 21 heavy (non-hydrogen) atoms. The van der Waals surface area contributed by atoms with Gasteiger partial charge in [0.2, 0.25) is 10.0 Å². The molecule has 0 bridgehead atoms. The van der Waals surface area contributed by atoms with Crippen LogP contribution in [0.5, 0.6) is 0 Å². The van der Waals surface area contributed by atoms with E-state index in [0.717, 1.165) is 11.1 Å². The summed E-state index contributed by atoms with van der Waals surface area (Å²) in [5.74, 6) is 0. The molecule has 1 heterocycles. The molecule has 110 valence electrons. The summed E-state index contributed by atoms with van der Waals surface area (Å²) >= 11 is 12.1. The third-order valence-corrected chi connectivity index (χ3v) is 6.14. The highest BCUT2D eigenvalue weighted by Gasteiger charge is 2.33. The molecule has 0 aliphatic carbocycles. The van der Waals surface area contributed by atoms with Crippen molar-refractivity contribution in [2.45, 2.75) is 18.0 Å². The van der Waals surface area contributed by atoms with Crippen LogP contribution in [0.4, 0.5) is 5.69 Å². The topological polar surface area (TPSA) is 63.4 Å². The fourth-order valence-electron chi connectivity index (χ4n) is 2.43. The lowest BCUT2D eigenvalue weighted by atomic mass is 10.1. The summed E-state index contributed by atoms with van der Waals surface area (Å²) in [6.07, 6.45) is 0. The first kappa shape index (κ1) is 14.7. The largest absolute Gasteiger partial charge is 0.399 e. The molecule has 0 unspecified atom stereocenters. The first-order valence-corrected chi connectivity index (χ1v) is 8.40. The molecule has 2 aromatic rings. The molecular formula is C14H12Cl2N2O2S. The number of fused-ring (bicyclic) bond motifs is 1. The number of nitrogens with two attached hydrogens (primary N) is 1. The third-order valence-electron chi connectivity index (χ3n) is 3.43. The minimum atomic E-state index is -3.77. The van der Waals surface area contributed by atoms with E-state index in [0.29, 0.717) is 18.8 Å². The van der Waals surface area contributed by atoms with Gasteiger partial charge in [-0.3, -0.25) is 0 Å². The first-order chi connectivity index (χ1) is 9.89. The number of sulfonamides is 1. The summed E-state index contributed by atoms with van der Waals surface area (Å²) in [6, 6.07) is 10.4. The molecule has 0 fully saturated rings. The maximum absolute atomic E-state index is 12.8. The van der Waals surface area contributed by atoms with Crippen LogP contribution in [0.1, 0.15) is 11.1 Å². The van der Waals surface area contributed by atoms with Gasteiger partial charge in [-0.1, -0.05) is 47.5 Å². The minimum absolute atomic E-state index is 0.0379. The van der Waals surface area contributed by atoms with Crippen LogP contribution in [0.15, 0.2) is 41.3 Å². The molecule has 0 atom stereocenters. The van der Waals surface area contributed by atoms with Crippen molar-refractivity contribution >= 4 is 38.9 Å². The Morgan fingerprint density at radius 3 is 1.95 bits per heavy atom. The van der Waals surface area contributed by atoms with Crippen molar-refractivity contribution in [3.8, 4) is 0 Å². The Balaban J connectivity index is 2.04. The average Bonchev–Trinajstić information content (AvgIpc) is 2.81. The molecule has 2 N–H and O–H groups in total. The number of hydrogen-bond acceptors (Lipinski definition) is 3. The number of anilines is 1. The van der Waals surface area contributed by atoms with Gasteiger partial charge in [0.25, 0.3) is 0 Å². The fraction of sp³-hybridized carbons (Fsp3) is 0.143. The van der Waals surface area contributed by atoms with Gasteiger partial charge in [-0.2, -0.15) is 4.31 Å². The number of benzene rings is 2. The van der Waals surface area contributed by atoms with Gasteiger partial charge in [0.15, 0.2) is 0 Å². The van der Waals surface area contributed by atoms with Crippen LogP contribution in [-0.2, 0) is 23.1 Å². The van der Waals surface area contributed by atoms with Crippen molar-refractivity contribution in [2.75, 3.05) is 5.73 Å². The van der Waals surface area contributed by atoms with Crippen molar-refractivity contribution in [1.82, 2.24) is 4.31 Å². The van der Waals surface area contributed by atoms with Gasteiger partial charge in [0.05, 0.1) is 10.0 Å². The quantitative estimate of drug-likeness (QED) is 0.851. The number of rotatable bonds is 2. The minimum Gasteiger partial charge on any atom is -0.399 e. The number of nitrogen functional groups attached to an aromatic ring is 1. The van der Waals surface area contributed by atoms with E-state index in [1.54, 1.807) is 0 Å². The van der Waals surface area contributed by atoms with E-state index in [1.807, 2.05) is 24.3 Å². The predicted octanol–water partition coefficient (Wildman–Crippen LogP) is 3.28. The SMILES string of the molecule is Nc1cc(Cl)c(S(=O)(=O)N2Cc3ccccc3C2)c(Cl)c1. The first-order valence-electron chi connectivity index (χ1n) is 6.21. The third kappa shape index (κ3) is 2.51. The highest BCUT2D eigenvalue weighted by molar-refractivity contribution is 7.89. The van der Waals surface area contributed by atoms with Gasteiger partial charge in [-0.25, -0.2) is 8.42 Å². The van der Waals surface area contributed by atoms with Crippen molar-refractivity contribution in [1.29, 1.82) is 0 Å². The van der Waals surface area contributed by atoms with Gasteiger partial charge in [-0.05, 0) is 23.3 Å². The Labute approximate surface area is 133 Å². The zero-order valence-electron chi connectivity index (χ0n) is 10.9. The maximum Gasteiger partial charge on any atom is 0.246 e. The maximum atomic E-state index is 12.8. The van der Waals surface area contributed by atoms with Crippen LogP contribution < -0.4 is 5.73 Å². The lowest BCUT2D eigenvalue weighted by Crippen LogP contribution is -2.26. The van der Waals surface area contributed by atoms with Gasteiger partial charge >= 0.3 is 0 Å². The van der Waals surface area contributed by atoms with E-state index in [9.17, 15) is 8.42 Å². The highest BCUT2D eigenvalue weighted by Crippen LogP contribution is 2.36. The zero-order chi connectivity index (χ0) is 15.2. The molecule has 2 aromatic carbocycles. The van der Waals surface area contributed by atoms with E-state index in [4.69, 9.17) is 28.9 Å². The normalized spacial score (nSPS) is 15.1. The molecule has 1 aliphatic rings. The summed E-state index contributed by atoms with van der Waals surface area (Å²) in [7, 11) is -3.77. The Kier molecular flexibility index (Phi) is 3.61. The van der Waals surface area contributed by atoms with Crippen LogP contribution in [0.25, 0.3) is 0 Å². The molecule has 0 amide bonds. The Morgan fingerprint density at radius 2 is 1.48 bits per heavy atom. The summed E-state index contributed by atoms with van der Waals surface area (Å²) in [4.78, 5) is -0.0900. The smallest absolute Gasteiger partial charge is 0.246 e. The van der Waals surface area contributed by atoms with Gasteiger partial charge < -0.3 is 5.73 Å². The summed E-state index contributed by atoms with van der Waals surface area (Å²) in [6.45, 7) is 0.630. The lowest BCUT2D eigenvalue weighted by Gasteiger charge is -2.18. The van der Waals surface area contributed by atoms with E-state index < -0.39 is 10.0 Å². The van der Waals surface area contributed by atoms with Crippen LogP contribution in [-0.4, -0.2) is 12.7 Å². The summed E-state index contributed by atoms with van der Waals surface area (Å²) in [5, 5.41) is 0.0758. The van der Waals surface area contributed by atoms with Crippen LogP contribution in [0.2, 0.25) is 10.0 Å². The van der Waals surface area contributed by atoms with Crippen molar-refractivity contribution < 1.29 is 8.42 Å². The molecule has 7 heteroatoms. The van der Waals surface area contributed by atoms with Crippen LogP contribution in [0.3, 0.4) is 0 Å². The number of halogens is 2. The number of nitrogens with zero attached hydrogens (tertiary/aromatic N) is 1. The van der Waals surface area contributed by atoms with Gasteiger partial charge in [0.1, 0.15) is 4.90 Å². The Bertz CT molecular complexity index is 773. The monoisotopic (exact) mass is 342 g/mol. The molecule has 0 aromatic heterocycles. The summed E-state index contributed by atoms with van der Waals surface area (Å²) in [5.41, 5.74) is 7.92. The summed E-state index contributed by atoms with van der Waals surface area (Å²) < 4.78 is 26.9. The second-order valence-electron chi connectivity index (χ2n) is 4.86. The highest BCUT2D eigenvalue weighted by atomic mass is 35.5. The van der Waals surface area contributed by atoms with Crippen LogP contribution >= 0.6 is 23.2 Å². The van der Waals surface area contributed by atoms with Crippen molar-refractivity contribution in [2.24, 2.45) is 0 Å². The van der Waals surface area contributed by atoms with Crippen LogP contribution in [0, 0.1) is 0 Å². The van der Waals surface area contributed by atoms with Gasteiger partial charge in [-0.15, -0.1) is 0 Å². The van der Waals surface area contributed by atoms with Gasteiger partial charge in [0, 0.05) is 18.8 Å². The van der Waals surface area contributed by atoms with E-state index in [-0.39, 0.29) is 14.9 Å². The Morgan fingerprint density at radius 1 is 1.00 bits per heavy atom. The molecule has 1 aliphatic heterocycles. The van der Waals surface area contributed by atoms with E-state index in [1.165, 1.54) is 16.4 Å². The molecule has 3 rings (SSSR count). The predicted molar refractivity (Wildman–Crippen MR) is 83.7 cm³/mol. The second-order valence-corrected chi connectivity index (χ2v) is 7.54. The molecule has 0 saturated heterocycles.